The zero-order valence-electron chi connectivity index (χ0n) is 18.1. The second-order valence-electron chi connectivity index (χ2n) is 7.47. The highest BCUT2D eigenvalue weighted by Crippen LogP contribution is 2.28. The van der Waals surface area contributed by atoms with Crippen molar-refractivity contribution in [3.8, 4) is 0 Å². The van der Waals surface area contributed by atoms with Crippen LogP contribution in [0, 0.1) is 0 Å². The molecule has 34 heavy (non-hydrogen) atoms. The Labute approximate surface area is 201 Å². The van der Waals surface area contributed by atoms with Crippen molar-refractivity contribution < 1.29 is 23.9 Å². The fourth-order valence-electron chi connectivity index (χ4n) is 3.70. The molecule has 4 rings (SSSR count). The molecular formula is C25H21N3O5S. The zero-order chi connectivity index (χ0) is 24.1. The second-order valence-corrected chi connectivity index (χ2v) is 7.82. The van der Waals surface area contributed by atoms with Gasteiger partial charge in [0.2, 0.25) is 0 Å². The minimum Gasteiger partial charge on any atom is -0.461 e. The predicted molar refractivity (Wildman–Crippen MR) is 127 cm³/mol. The molecule has 0 radical (unpaired) electrons. The van der Waals surface area contributed by atoms with E-state index >= 15 is 0 Å². The second kappa shape index (κ2) is 10.2. The monoisotopic (exact) mass is 475 g/mol. The molecular weight excluding hydrogens is 454 g/mol. The van der Waals surface area contributed by atoms with Crippen molar-refractivity contribution in [3.05, 3.63) is 103 Å². The molecule has 0 saturated carbocycles. The van der Waals surface area contributed by atoms with Crippen LogP contribution >= 0.6 is 12.2 Å². The van der Waals surface area contributed by atoms with Crippen LogP contribution in [-0.4, -0.2) is 56.2 Å². The summed E-state index contributed by atoms with van der Waals surface area (Å²) in [5.41, 5.74) is 0.969. The maximum Gasteiger partial charge on any atom is 0.338 e. The lowest BCUT2D eigenvalue weighted by atomic mass is 10.1. The van der Waals surface area contributed by atoms with E-state index in [1.165, 1.54) is 17.1 Å². The summed E-state index contributed by atoms with van der Waals surface area (Å²) in [6.45, 7) is 3.51. The smallest absolute Gasteiger partial charge is 0.338 e. The van der Waals surface area contributed by atoms with Crippen molar-refractivity contribution in [2.24, 2.45) is 0 Å². The first-order chi connectivity index (χ1) is 16.5. The number of hydrogen-bond acceptors (Lipinski definition) is 7. The molecule has 0 saturated heterocycles. The summed E-state index contributed by atoms with van der Waals surface area (Å²) in [6, 6.07) is 14.2. The van der Waals surface area contributed by atoms with Gasteiger partial charge in [-0.1, -0.05) is 36.4 Å². The normalized spacial score (nSPS) is 14.3. The molecule has 9 heteroatoms. The first-order valence-corrected chi connectivity index (χ1v) is 10.9. The van der Waals surface area contributed by atoms with E-state index in [9.17, 15) is 14.4 Å². The van der Waals surface area contributed by atoms with Gasteiger partial charge in [-0.25, -0.2) is 9.78 Å². The molecule has 0 aliphatic carbocycles. The molecule has 2 atom stereocenters. The van der Waals surface area contributed by atoms with Crippen LogP contribution in [0.1, 0.15) is 37.5 Å². The molecule has 2 heterocycles. The minimum absolute atomic E-state index is 0.0314. The van der Waals surface area contributed by atoms with E-state index < -0.39 is 29.9 Å². The SMILES string of the molecule is C=CCC(C(COC(=O)c1ccccc1)OC(=S)n1ccnc1)N1C(=O)c2ccccc2C1=O. The summed E-state index contributed by atoms with van der Waals surface area (Å²) >= 11 is 5.38. The van der Waals surface area contributed by atoms with E-state index in [2.05, 4.69) is 11.6 Å². The molecule has 0 N–H and O–H groups in total. The highest BCUT2D eigenvalue weighted by atomic mass is 32.1. The third kappa shape index (κ3) is 4.65. The standard InChI is InChI=1S/C25H21N3O5S/c1-2-8-20(28-22(29)18-11-6-7-12-19(18)23(28)30)21(33-25(34)27-14-13-26-16-27)15-32-24(31)17-9-4-3-5-10-17/h2-7,9-14,16,20-21H,1,8,15H2. The van der Waals surface area contributed by atoms with Crippen molar-refractivity contribution in [1.29, 1.82) is 0 Å². The summed E-state index contributed by atoms with van der Waals surface area (Å²) < 4.78 is 13.0. The number of nitrogens with zero attached hydrogens (tertiary/aromatic N) is 3. The van der Waals surface area contributed by atoms with Crippen molar-refractivity contribution in [1.82, 2.24) is 14.5 Å². The van der Waals surface area contributed by atoms with Crippen molar-refractivity contribution in [3.63, 3.8) is 0 Å². The third-order valence-electron chi connectivity index (χ3n) is 5.35. The van der Waals surface area contributed by atoms with E-state index in [0.717, 1.165) is 4.90 Å². The van der Waals surface area contributed by atoms with Crippen LogP contribution in [0.5, 0.6) is 0 Å². The van der Waals surface area contributed by atoms with Crippen LogP contribution in [0.15, 0.2) is 86.0 Å². The Morgan fingerprint density at radius 3 is 2.29 bits per heavy atom. The predicted octanol–water partition coefficient (Wildman–Crippen LogP) is 3.50. The lowest BCUT2D eigenvalue weighted by Crippen LogP contribution is -2.50. The van der Waals surface area contributed by atoms with E-state index in [1.807, 2.05) is 0 Å². The number of imide groups is 1. The largest absolute Gasteiger partial charge is 0.461 e. The lowest BCUT2D eigenvalue weighted by Gasteiger charge is -2.32. The molecule has 3 aromatic rings. The number of esters is 1. The number of aromatic nitrogens is 2. The van der Waals surface area contributed by atoms with Gasteiger partial charge in [-0.05, 0) is 42.9 Å². The zero-order valence-corrected chi connectivity index (χ0v) is 18.9. The van der Waals surface area contributed by atoms with Crippen LogP contribution < -0.4 is 0 Å². The molecule has 1 aliphatic heterocycles. The number of amides is 2. The summed E-state index contributed by atoms with van der Waals surface area (Å²) in [5.74, 6) is -1.48. The highest BCUT2D eigenvalue weighted by molar-refractivity contribution is 7.80. The van der Waals surface area contributed by atoms with E-state index in [1.54, 1.807) is 66.9 Å². The van der Waals surface area contributed by atoms with Crippen LogP contribution in [0.2, 0.25) is 0 Å². The molecule has 2 unspecified atom stereocenters. The van der Waals surface area contributed by atoms with Gasteiger partial charge < -0.3 is 9.47 Å². The average Bonchev–Trinajstić information content (AvgIpc) is 3.49. The van der Waals surface area contributed by atoms with E-state index in [0.29, 0.717) is 16.7 Å². The summed E-state index contributed by atoms with van der Waals surface area (Å²) in [4.78, 5) is 44.0. The number of benzene rings is 2. The molecule has 2 aromatic carbocycles. The van der Waals surface area contributed by atoms with Gasteiger partial charge in [-0.2, -0.15) is 0 Å². The Balaban J connectivity index is 1.62. The van der Waals surface area contributed by atoms with E-state index in [4.69, 9.17) is 21.7 Å². The lowest BCUT2D eigenvalue weighted by molar-refractivity contribution is 0.00281. The van der Waals surface area contributed by atoms with Crippen molar-refractivity contribution in [2.75, 3.05) is 6.61 Å². The number of carbonyl (C=O) groups excluding carboxylic acids is 3. The molecule has 2 amide bonds. The quantitative estimate of drug-likeness (QED) is 0.213. The number of ether oxygens (including phenoxy) is 2. The van der Waals surface area contributed by atoms with Crippen LogP contribution in [0.4, 0.5) is 0 Å². The first-order valence-electron chi connectivity index (χ1n) is 10.5. The van der Waals surface area contributed by atoms with Gasteiger partial charge >= 0.3 is 5.97 Å². The Morgan fingerprint density at radius 1 is 1.06 bits per heavy atom. The van der Waals surface area contributed by atoms with Gasteiger partial charge in [0, 0.05) is 12.4 Å². The topological polar surface area (TPSA) is 90.7 Å². The molecule has 0 bridgehead atoms. The van der Waals surface area contributed by atoms with Crippen LogP contribution in [-0.2, 0) is 9.47 Å². The third-order valence-corrected chi connectivity index (χ3v) is 5.66. The molecule has 1 aliphatic rings. The maximum absolute atomic E-state index is 13.2. The number of imidazole rings is 1. The maximum atomic E-state index is 13.2. The van der Waals surface area contributed by atoms with Gasteiger partial charge in [-0.15, -0.1) is 6.58 Å². The Kier molecular flexibility index (Phi) is 6.93. The first kappa shape index (κ1) is 23.1. The number of thiocarbonyl (C=S) groups is 1. The fraction of sp³-hybridized carbons (Fsp3) is 0.160. The van der Waals surface area contributed by atoms with Gasteiger partial charge in [0.1, 0.15) is 12.9 Å². The fourth-order valence-corrected chi connectivity index (χ4v) is 3.93. The summed E-state index contributed by atoms with van der Waals surface area (Å²) in [5, 5.41) is 0.0314. The van der Waals surface area contributed by atoms with Crippen molar-refractivity contribution >= 4 is 35.2 Å². The molecule has 172 valence electrons. The number of carbonyl (C=O) groups is 3. The Morgan fingerprint density at radius 2 is 1.71 bits per heavy atom. The van der Waals surface area contributed by atoms with Gasteiger partial charge in [0.15, 0.2) is 6.10 Å². The Bertz CT molecular complexity index is 1190. The summed E-state index contributed by atoms with van der Waals surface area (Å²) in [6.07, 6.45) is 5.41. The number of fused-ring (bicyclic) bond motifs is 1. The number of hydrogen-bond donors (Lipinski definition) is 0. The van der Waals surface area contributed by atoms with E-state index in [-0.39, 0.29) is 18.2 Å². The van der Waals surface area contributed by atoms with Crippen molar-refractivity contribution in [2.45, 2.75) is 18.6 Å². The van der Waals surface area contributed by atoms with Gasteiger partial charge in [0.05, 0.1) is 22.7 Å². The highest BCUT2D eigenvalue weighted by Gasteiger charge is 2.43. The molecule has 8 nitrogen and oxygen atoms in total. The minimum atomic E-state index is -0.956. The Hall–Kier alpha value is -4.11. The summed E-state index contributed by atoms with van der Waals surface area (Å²) in [7, 11) is 0. The van der Waals surface area contributed by atoms with Crippen LogP contribution in [0.25, 0.3) is 0 Å². The molecule has 0 fully saturated rings. The van der Waals surface area contributed by atoms with Gasteiger partial charge in [-0.3, -0.25) is 19.1 Å². The molecule has 0 spiro atoms. The number of rotatable bonds is 8. The van der Waals surface area contributed by atoms with Gasteiger partial charge in [0.25, 0.3) is 17.0 Å². The molecule has 1 aromatic heterocycles. The average molecular weight is 476 g/mol. The van der Waals surface area contributed by atoms with Crippen LogP contribution in [0.3, 0.4) is 0 Å².